The van der Waals surface area contributed by atoms with Gasteiger partial charge < -0.3 is 14.6 Å². The minimum Gasteiger partial charge on any atom is -0.469 e. The van der Waals surface area contributed by atoms with E-state index in [9.17, 15) is 14.7 Å². The van der Waals surface area contributed by atoms with Crippen LogP contribution in [0.5, 0.6) is 0 Å². The van der Waals surface area contributed by atoms with E-state index in [4.69, 9.17) is 0 Å². The van der Waals surface area contributed by atoms with Crippen molar-refractivity contribution in [1.29, 1.82) is 0 Å². The van der Waals surface area contributed by atoms with E-state index in [1.165, 1.54) is 14.2 Å². The number of ether oxygens (including phenoxy) is 2. The third-order valence-corrected chi connectivity index (χ3v) is 3.65. The Labute approximate surface area is 94.7 Å². The molecule has 1 aliphatic carbocycles. The number of hydrogen-bond acceptors (Lipinski definition) is 5. The topological polar surface area (TPSA) is 72.8 Å². The first kappa shape index (κ1) is 13.0. The fourth-order valence-electron chi connectivity index (χ4n) is 2.32. The van der Waals surface area contributed by atoms with Crippen LogP contribution in [0.25, 0.3) is 0 Å². The van der Waals surface area contributed by atoms with Gasteiger partial charge in [-0.25, -0.2) is 4.79 Å². The highest BCUT2D eigenvalue weighted by atomic mass is 16.5. The number of methoxy groups -OCH3 is 2. The molecule has 1 rings (SSSR count). The number of rotatable bonds is 3. The summed E-state index contributed by atoms with van der Waals surface area (Å²) >= 11 is 0. The number of carbonyl (C=O) groups excluding carboxylic acids is 2. The Balaban J connectivity index is 2.70. The van der Waals surface area contributed by atoms with Crippen LogP contribution in [0.3, 0.4) is 0 Å². The van der Waals surface area contributed by atoms with Gasteiger partial charge in [-0.05, 0) is 11.8 Å². The smallest absolute Gasteiger partial charge is 0.334 e. The molecule has 0 heterocycles. The van der Waals surface area contributed by atoms with Crippen LogP contribution in [0.1, 0.15) is 20.3 Å². The van der Waals surface area contributed by atoms with Crippen molar-refractivity contribution in [3.05, 3.63) is 0 Å². The molecule has 0 saturated heterocycles. The molecule has 0 amide bonds. The highest BCUT2D eigenvalue weighted by Crippen LogP contribution is 2.53. The van der Waals surface area contributed by atoms with Crippen molar-refractivity contribution in [2.24, 2.45) is 17.3 Å². The van der Waals surface area contributed by atoms with Gasteiger partial charge in [-0.3, -0.25) is 4.79 Å². The van der Waals surface area contributed by atoms with Crippen LogP contribution >= 0.6 is 0 Å². The van der Waals surface area contributed by atoms with Crippen molar-refractivity contribution in [1.82, 2.24) is 0 Å². The summed E-state index contributed by atoms with van der Waals surface area (Å²) in [7, 11) is 2.57. The molecule has 5 nitrogen and oxygen atoms in total. The average Bonchev–Trinajstić information content (AvgIpc) is 2.25. The fraction of sp³-hybridized carbons (Fsp3) is 0.818. The summed E-state index contributed by atoms with van der Waals surface area (Å²) in [5.41, 5.74) is -0.444. The first-order chi connectivity index (χ1) is 7.36. The van der Waals surface area contributed by atoms with Gasteiger partial charge in [-0.15, -0.1) is 0 Å². The predicted octanol–water partition coefficient (Wildman–Crippen LogP) is 0.356. The van der Waals surface area contributed by atoms with Crippen LogP contribution in [0.4, 0.5) is 0 Å². The minimum absolute atomic E-state index is 0.260. The molecule has 0 spiro atoms. The second kappa shape index (κ2) is 4.41. The van der Waals surface area contributed by atoms with Crippen LogP contribution in [-0.2, 0) is 19.1 Å². The first-order valence-corrected chi connectivity index (χ1v) is 5.20. The standard InChI is InChI=1S/C11H18O5/c1-11(2)6(8(12)10(14)16-4)5-7(11)9(13)15-3/h6-8,12H,5H2,1-4H3/t6-,7+,8-/m1/s1. The highest BCUT2D eigenvalue weighted by molar-refractivity contribution is 5.78. The zero-order valence-corrected chi connectivity index (χ0v) is 10.0. The van der Waals surface area contributed by atoms with Crippen LogP contribution in [0, 0.1) is 17.3 Å². The third kappa shape index (κ3) is 1.91. The Morgan fingerprint density at radius 2 is 1.88 bits per heavy atom. The van der Waals surface area contributed by atoms with Crippen LogP contribution in [0.15, 0.2) is 0 Å². The van der Waals surface area contributed by atoms with E-state index >= 15 is 0 Å². The molecule has 16 heavy (non-hydrogen) atoms. The summed E-state index contributed by atoms with van der Waals surface area (Å²) in [6.07, 6.45) is -0.712. The monoisotopic (exact) mass is 230 g/mol. The maximum atomic E-state index is 11.4. The van der Waals surface area contributed by atoms with Gasteiger partial charge in [-0.1, -0.05) is 13.8 Å². The molecule has 0 bridgehead atoms. The second-order valence-corrected chi connectivity index (χ2v) is 4.71. The number of carbonyl (C=O) groups is 2. The van der Waals surface area contributed by atoms with Gasteiger partial charge in [0, 0.05) is 5.92 Å². The molecule has 0 aromatic rings. The summed E-state index contributed by atoms with van der Waals surface area (Å²) < 4.78 is 9.15. The van der Waals surface area contributed by atoms with Gasteiger partial charge in [0.15, 0.2) is 6.10 Å². The average molecular weight is 230 g/mol. The Morgan fingerprint density at radius 3 is 2.25 bits per heavy atom. The zero-order chi connectivity index (χ0) is 12.5. The van der Waals surface area contributed by atoms with Crippen molar-refractivity contribution >= 4 is 11.9 Å². The molecule has 1 N–H and O–H groups in total. The van der Waals surface area contributed by atoms with Gasteiger partial charge >= 0.3 is 11.9 Å². The number of aliphatic hydroxyl groups excluding tert-OH is 1. The zero-order valence-electron chi connectivity index (χ0n) is 10.0. The molecule has 0 unspecified atom stereocenters. The predicted molar refractivity (Wildman–Crippen MR) is 55.4 cm³/mol. The van der Waals surface area contributed by atoms with Gasteiger partial charge in [0.2, 0.25) is 0 Å². The summed E-state index contributed by atoms with van der Waals surface area (Å²) in [4.78, 5) is 22.6. The molecule has 5 heteroatoms. The van der Waals surface area contributed by atoms with Crippen molar-refractivity contribution in [3.63, 3.8) is 0 Å². The van der Waals surface area contributed by atoms with Crippen LogP contribution in [0.2, 0.25) is 0 Å². The van der Waals surface area contributed by atoms with Gasteiger partial charge in [-0.2, -0.15) is 0 Å². The highest BCUT2D eigenvalue weighted by Gasteiger charge is 2.56. The summed E-state index contributed by atoms with van der Waals surface area (Å²) in [5.74, 6) is -1.47. The minimum atomic E-state index is -1.17. The van der Waals surface area contributed by atoms with Crippen LogP contribution in [-0.4, -0.2) is 37.4 Å². The molecule has 0 aliphatic heterocycles. The lowest BCUT2D eigenvalue weighted by Crippen LogP contribution is -2.55. The van der Waals surface area contributed by atoms with Crippen molar-refractivity contribution in [2.45, 2.75) is 26.4 Å². The largest absolute Gasteiger partial charge is 0.469 e. The molecule has 1 saturated carbocycles. The quantitative estimate of drug-likeness (QED) is 0.708. The molecular weight excluding hydrogens is 212 g/mol. The van der Waals surface area contributed by atoms with Crippen molar-refractivity contribution in [2.75, 3.05) is 14.2 Å². The second-order valence-electron chi connectivity index (χ2n) is 4.71. The van der Waals surface area contributed by atoms with Gasteiger partial charge in [0.25, 0.3) is 0 Å². The Hall–Kier alpha value is -1.10. The summed E-state index contributed by atoms with van der Waals surface area (Å²) in [5, 5.41) is 9.72. The maximum absolute atomic E-state index is 11.4. The fourth-order valence-corrected chi connectivity index (χ4v) is 2.32. The number of hydrogen-bond donors (Lipinski definition) is 1. The normalized spacial score (nSPS) is 28.8. The van der Waals surface area contributed by atoms with Crippen LogP contribution < -0.4 is 0 Å². The molecule has 3 atom stereocenters. The number of aliphatic hydroxyl groups is 1. The van der Waals surface area contributed by atoms with E-state index < -0.39 is 17.5 Å². The Bertz CT molecular complexity index is 297. The molecule has 0 radical (unpaired) electrons. The molecule has 0 aromatic carbocycles. The third-order valence-electron chi connectivity index (χ3n) is 3.65. The van der Waals surface area contributed by atoms with Gasteiger partial charge in [0.1, 0.15) is 0 Å². The lowest BCUT2D eigenvalue weighted by atomic mass is 9.53. The van der Waals surface area contributed by atoms with E-state index in [1.807, 2.05) is 13.8 Å². The van der Waals surface area contributed by atoms with E-state index in [-0.39, 0.29) is 17.8 Å². The maximum Gasteiger partial charge on any atom is 0.334 e. The van der Waals surface area contributed by atoms with Crippen molar-refractivity contribution in [3.8, 4) is 0 Å². The van der Waals surface area contributed by atoms with Crippen molar-refractivity contribution < 1.29 is 24.2 Å². The lowest BCUT2D eigenvalue weighted by Gasteiger charge is -2.51. The lowest BCUT2D eigenvalue weighted by molar-refractivity contribution is -0.181. The SMILES string of the molecule is COC(=O)[C@H](O)[C@H]1C[C@@H](C(=O)OC)C1(C)C. The van der Waals surface area contributed by atoms with E-state index in [2.05, 4.69) is 9.47 Å². The van der Waals surface area contributed by atoms with E-state index in [0.29, 0.717) is 6.42 Å². The molecule has 1 aliphatic rings. The summed E-state index contributed by atoms with van der Waals surface area (Å²) in [6.45, 7) is 3.68. The summed E-state index contributed by atoms with van der Waals surface area (Å²) in [6, 6.07) is 0. The Kier molecular flexibility index (Phi) is 3.57. The molecular formula is C11H18O5. The van der Waals surface area contributed by atoms with E-state index in [1.54, 1.807) is 0 Å². The molecule has 92 valence electrons. The van der Waals surface area contributed by atoms with E-state index in [0.717, 1.165) is 0 Å². The number of esters is 2. The van der Waals surface area contributed by atoms with Gasteiger partial charge in [0.05, 0.1) is 20.1 Å². The Morgan fingerprint density at radius 1 is 1.31 bits per heavy atom. The molecule has 1 fully saturated rings. The first-order valence-electron chi connectivity index (χ1n) is 5.20. The molecule has 0 aromatic heterocycles.